The molecular formula is C10H20O2. The Kier molecular flexibility index (Phi) is 4.62. The number of unbranched alkanes of at least 4 members (excludes halogenated alkanes) is 1. The standard InChI is InChI=1S/C10H20O2/c1-2-3-6-10-9(8-11)5-4-7-12-10/h9-11H,2-8H2,1H3. The maximum atomic E-state index is 9.08. The number of ether oxygens (including phenoxy) is 1. The third kappa shape index (κ3) is 2.76. The molecule has 0 aromatic heterocycles. The molecule has 1 aliphatic heterocycles. The van der Waals surface area contributed by atoms with Gasteiger partial charge >= 0.3 is 0 Å². The van der Waals surface area contributed by atoms with Crippen LogP contribution in [0.3, 0.4) is 0 Å². The first-order valence-electron chi connectivity index (χ1n) is 5.11. The zero-order valence-corrected chi connectivity index (χ0v) is 7.96. The van der Waals surface area contributed by atoms with Crippen LogP contribution in [0.2, 0.25) is 0 Å². The molecule has 0 radical (unpaired) electrons. The predicted molar refractivity (Wildman–Crippen MR) is 49.1 cm³/mol. The first-order chi connectivity index (χ1) is 5.88. The maximum absolute atomic E-state index is 9.08. The monoisotopic (exact) mass is 172 g/mol. The molecule has 2 unspecified atom stereocenters. The van der Waals surface area contributed by atoms with Crippen LogP contribution < -0.4 is 0 Å². The fraction of sp³-hybridized carbons (Fsp3) is 1.00. The van der Waals surface area contributed by atoms with E-state index in [2.05, 4.69) is 6.92 Å². The van der Waals surface area contributed by atoms with Crippen LogP contribution in [0.15, 0.2) is 0 Å². The van der Waals surface area contributed by atoms with E-state index in [1.54, 1.807) is 0 Å². The van der Waals surface area contributed by atoms with Crippen LogP contribution in [0.5, 0.6) is 0 Å². The van der Waals surface area contributed by atoms with Gasteiger partial charge in [-0.2, -0.15) is 0 Å². The molecule has 12 heavy (non-hydrogen) atoms. The van der Waals surface area contributed by atoms with E-state index >= 15 is 0 Å². The lowest BCUT2D eigenvalue weighted by molar-refractivity contribution is -0.0482. The summed E-state index contributed by atoms with van der Waals surface area (Å²) in [6.45, 7) is 3.38. The predicted octanol–water partition coefficient (Wildman–Crippen LogP) is 1.96. The molecule has 0 saturated carbocycles. The fourth-order valence-corrected chi connectivity index (χ4v) is 1.84. The average molecular weight is 172 g/mol. The Bertz CT molecular complexity index is 114. The minimum Gasteiger partial charge on any atom is -0.396 e. The van der Waals surface area contributed by atoms with Gasteiger partial charge in [0.1, 0.15) is 0 Å². The second-order valence-corrected chi connectivity index (χ2v) is 3.64. The Morgan fingerprint density at radius 3 is 3.00 bits per heavy atom. The van der Waals surface area contributed by atoms with Crippen molar-refractivity contribution in [2.75, 3.05) is 13.2 Å². The number of rotatable bonds is 4. The maximum Gasteiger partial charge on any atom is 0.0625 e. The molecule has 0 amide bonds. The summed E-state index contributed by atoms with van der Waals surface area (Å²) in [4.78, 5) is 0. The number of aliphatic hydroxyl groups excluding tert-OH is 1. The molecule has 1 fully saturated rings. The minimum atomic E-state index is 0.300. The highest BCUT2D eigenvalue weighted by molar-refractivity contribution is 4.73. The number of aliphatic hydroxyl groups is 1. The van der Waals surface area contributed by atoms with E-state index in [9.17, 15) is 0 Å². The molecule has 1 N–H and O–H groups in total. The van der Waals surface area contributed by atoms with Gasteiger partial charge in [0.15, 0.2) is 0 Å². The Morgan fingerprint density at radius 2 is 2.33 bits per heavy atom. The molecule has 2 nitrogen and oxygen atoms in total. The molecule has 0 aromatic rings. The topological polar surface area (TPSA) is 29.5 Å². The molecular weight excluding hydrogens is 152 g/mol. The molecule has 0 bridgehead atoms. The lowest BCUT2D eigenvalue weighted by Gasteiger charge is -2.30. The molecule has 2 atom stereocenters. The highest BCUT2D eigenvalue weighted by Crippen LogP contribution is 2.23. The Balaban J connectivity index is 2.26. The fourth-order valence-electron chi connectivity index (χ4n) is 1.84. The summed E-state index contributed by atoms with van der Waals surface area (Å²) in [5.41, 5.74) is 0. The van der Waals surface area contributed by atoms with E-state index in [1.807, 2.05) is 0 Å². The molecule has 0 aromatic carbocycles. The van der Waals surface area contributed by atoms with Crippen LogP contribution in [-0.2, 0) is 4.74 Å². The van der Waals surface area contributed by atoms with E-state index in [0.717, 1.165) is 25.9 Å². The summed E-state index contributed by atoms with van der Waals surface area (Å²) in [5, 5.41) is 9.08. The van der Waals surface area contributed by atoms with Crippen LogP contribution in [0.1, 0.15) is 39.0 Å². The smallest absolute Gasteiger partial charge is 0.0625 e. The molecule has 1 rings (SSSR count). The van der Waals surface area contributed by atoms with Crippen molar-refractivity contribution in [2.24, 2.45) is 5.92 Å². The van der Waals surface area contributed by atoms with Crippen molar-refractivity contribution in [1.29, 1.82) is 0 Å². The van der Waals surface area contributed by atoms with Crippen molar-refractivity contribution in [3.63, 3.8) is 0 Å². The SMILES string of the molecule is CCCCC1OCCCC1CO. The van der Waals surface area contributed by atoms with Gasteiger partial charge < -0.3 is 9.84 Å². The summed E-state index contributed by atoms with van der Waals surface area (Å²) in [6, 6.07) is 0. The van der Waals surface area contributed by atoms with Gasteiger partial charge in [0, 0.05) is 19.1 Å². The Morgan fingerprint density at radius 1 is 1.50 bits per heavy atom. The summed E-state index contributed by atoms with van der Waals surface area (Å²) in [6.07, 6.45) is 6.17. The third-order valence-corrected chi connectivity index (χ3v) is 2.65. The van der Waals surface area contributed by atoms with Crippen molar-refractivity contribution in [3.8, 4) is 0 Å². The average Bonchev–Trinajstić information content (AvgIpc) is 2.15. The summed E-state index contributed by atoms with van der Waals surface area (Å²) < 4.78 is 5.62. The van der Waals surface area contributed by atoms with E-state index < -0.39 is 0 Å². The lowest BCUT2D eigenvalue weighted by Crippen LogP contribution is -2.31. The molecule has 0 aliphatic carbocycles. The first-order valence-corrected chi connectivity index (χ1v) is 5.11. The Hall–Kier alpha value is -0.0800. The van der Waals surface area contributed by atoms with Gasteiger partial charge in [-0.25, -0.2) is 0 Å². The largest absolute Gasteiger partial charge is 0.396 e. The van der Waals surface area contributed by atoms with Crippen molar-refractivity contribution < 1.29 is 9.84 Å². The van der Waals surface area contributed by atoms with E-state index in [-0.39, 0.29) is 0 Å². The highest BCUT2D eigenvalue weighted by atomic mass is 16.5. The van der Waals surface area contributed by atoms with Gasteiger partial charge in [0.05, 0.1) is 6.10 Å². The Labute approximate surface area is 74.9 Å². The van der Waals surface area contributed by atoms with E-state index in [0.29, 0.717) is 18.6 Å². The van der Waals surface area contributed by atoms with Crippen molar-refractivity contribution in [3.05, 3.63) is 0 Å². The van der Waals surface area contributed by atoms with Gasteiger partial charge in [0.2, 0.25) is 0 Å². The van der Waals surface area contributed by atoms with Crippen LogP contribution in [0.4, 0.5) is 0 Å². The van der Waals surface area contributed by atoms with Gasteiger partial charge in [-0.3, -0.25) is 0 Å². The summed E-state index contributed by atoms with van der Waals surface area (Å²) in [7, 11) is 0. The third-order valence-electron chi connectivity index (χ3n) is 2.65. The van der Waals surface area contributed by atoms with Crippen LogP contribution >= 0.6 is 0 Å². The summed E-state index contributed by atoms with van der Waals surface area (Å²) >= 11 is 0. The van der Waals surface area contributed by atoms with E-state index in [1.165, 1.54) is 12.8 Å². The zero-order valence-electron chi connectivity index (χ0n) is 7.96. The molecule has 72 valence electrons. The van der Waals surface area contributed by atoms with Crippen LogP contribution in [0.25, 0.3) is 0 Å². The quantitative estimate of drug-likeness (QED) is 0.702. The zero-order chi connectivity index (χ0) is 8.81. The first kappa shape index (κ1) is 10.0. The van der Waals surface area contributed by atoms with Crippen molar-refractivity contribution in [1.82, 2.24) is 0 Å². The molecule has 1 heterocycles. The minimum absolute atomic E-state index is 0.300. The molecule has 2 heteroatoms. The van der Waals surface area contributed by atoms with Gasteiger partial charge in [-0.1, -0.05) is 19.8 Å². The second kappa shape index (κ2) is 5.55. The lowest BCUT2D eigenvalue weighted by atomic mass is 9.92. The second-order valence-electron chi connectivity index (χ2n) is 3.64. The molecule has 1 saturated heterocycles. The number of hydrogen-bond donors (Lipinski definition) is 1. The van der Waals surface area contributed by atoms with Crippen LogP contribution in [-0.4, -0.2) is 24.4 Å². The van der Waals surface area contributed by atoms with Gasteiger partial charge in [0.25, 0.3) is 0 Å². The molecule has 1 aliphatic rings. The molecule has 0 spiro atoms. The van der Waals surface area contributed by atoms with Crippen molar-refractivity contribution in [2.45, 2.75) is 45.1 Å². The summed E-state index contributed by atoms with van der Waals surface area (Å²) in [5.74, 6) is 0.408. The highest BCUT2D eigenvalue weighted by Gasteiger charge is 2.24. The normalized spacial score (nSPS) is 30.5. The number of hydrogen-bond acceptors (Lipinski definition) is 2. The van der Waals surface area contributed by atoms with Crippen molar-refractivity contribution >= 4 is 0 Å². The van der Waals surface area contributed by atoms with Gasteiger partial charge in [-0.15, -0.1) is 0 Å². The van der Waals surface area contributed by atoms with Gasteiger partial charge in [-0.05, 0) is 19.3 Å². The van der Waals surface area contributed by atoms with Crippen LogP contribution in [0, 0.1) is 5.92 Å². The van der Waals surface area contributed by atoms with E-state index in [4.69, 9.17) is 9.84 Å².